The molecule has 0 amide bonds. The Bertz CT molecular complexity index is 1050. The fourth-order valence-corrected chi connectivity index (χ4v) is 2.77. The normalized spacial score (nSPS) is 11.1. The van der Waals surface area contributed by atoms with Crippen LogP contribution in [-0.2, 0) is 6.54 Å². The molecule has 0 saturated heterocycles. The summed E-state index contributed by atoms with van der Waals surface area (Å²) in [4.78, 5) is 13.1. The summed E-state index contributed by atoms with van der Waals surface area (Å²) in [6.45, 7) is 2.11. The molecule has 3 heterocycles. The molecule has 1 aromatic carbocycles. The van der Waals surface area contributed by atoms with Crippen LogP contribution in [0.3, 0.4) is 0 Å². The van der Waals surface area contributed by atoms with Gasteiger partial charge in [0.05, 0.1) is 11.9 Å². The molecule has 2 N–H and O–H groups in total. The number of anilines is 1. The van der Waals surface area contributed by atoms with Gasteiger partial charge in [-0.05, 0) is 25.1 Å². The quantitative estimate of drug-likeness (QED) is 0.623. The number of aromatic nitrogens is 5. The third-order valence-corrected chi connectivity index (χ3v) is 3.87. The molecule has 4 rings (SSSR count). The van der Waals surface area contributed by atoms with Crippen molar-refractivity contribution in [3.05, 3.63) is 65.7 Å². The molecule has 0 saturated carbocycles. The number of nitrogen functional groups attached to an aromatic ring is 1. The number of aryl methyl sites for hydroxylation is 1. The van der Waals surface area contributed by atoms with Crippen LogP contribution in [0.1, 0.15) is 11.3 Å². The lowest BCUT2D eigenvalue weighted by atomic mass is 10.2. The Morgan fingerprint density at radius 1 is 1.12 bits per heavy atom. The van der Waals surface area contributed by atoms with Crippen molar-refractivity contribution in [2.75, 3.05) is 5.73 Å². The SMILES string of the molecule is Cc1cc(N)nc(-c2nn(Cc3ccccc3F)c3ncccc23)n1. The van der Waals surface area contributed by atoms with Crippen LogP contribution in [0, 0.1) is 12.7 Å². The molecule has 25 heavy (non-hydrogen) atoms. The van der Waals surface area contributed by atoms with Crippen molar-refractivity contribution in [2.45, 2.75) is 13.5 Å². The van der Waals surface area contributed by atoms with Gasteiger partial charge in [-0.25, -0.2) is 24.0 Å². The van der Waals surface area contributed by atoms with Crippen LogP contribution < -0.4 is 5.73 Å². The number of halogens is 1. The summed E-state index contributed by atoms with van der Waals surface area (Å²) < 4.78 is 15.7. The zero-order chi connectivity index (χ0) is 17.4. The maximum atomic E-state index is 14.0. The predicted octanol–water partition coefficient (Wildman–Crippen LogP) is 2.97. The van der Waals surface area contributed by atoms with Gasteiger partial charge in [0, 0.05) is 23.5 Å². The van der Waals surface area contributed by atoms with Gasteiger partial charge in [0.15, 0.2) is 11.5 Å². The molecule has 3 aromatic heterocycles. The van der Waals surface area contributed by atoms with Gasteiger partial charge in [-0.15, -0.1) is 0 Å². The Morgan fingerprint density at radius 3 is 2.76 bits per heavy atom. The lowest BCUT2D eigenvalue weighted by Gasteiger charge is -2.04. The van der Waals surface area contributed by atoms with Crippen LogP contribution in [0.4, 0.5) is 10.2 Å². The summed E-state index contributed by atoms with van der Waals surface area (Å²) >= 11 is 0. The van der Waals surface area contributed by atoms with Crippen molar-refractivity contribution in [3.8, 4) is 11.5 Å². The molecule has 0 atom stereocenters. The van der Waals surface area contributed by atoms with Crippen LogP contribution in [0.2, 0.25) is 0 Å². The number of rotatable bonds is 3. The van der Waals surface area contributed by atoms with E-state index in [-0.39, 0.29) is 12.4 Å². The molecule has 0 bridgehead atoms. The van der Waals surface area contributed by atoms with Crippen LogP contribution in [-0.4, -0.2) is 24.7 Å². The molecule has 0 fully saturated rings. The fourth-order valence-electron chi connectivity index (χ4n) is 2.77. The van der Waals surface area contributed by atoms with Gasteiger partial charge < -0.3 is 5.73 Å². The number of hydrogen-bond donors (Lipinski definition) is 1. The lowest BCUT2D eigenvalue weighted by molar-refractivity contribution is 0.589. The Balaban J connectivity index is 1.88. The first-order valence-corrected chi connectivity index (χ1v) is 7.78. The number of pyridine rings is 1. The average Bonchev–Trinajstić information content (AvgIpc) is 2.95. The third-order valence-electron chi connectivity index (χ3n) is 3.87. The monoisotopic (exact) mass is 334 g/mol. The van der Waals surface area contributed by atoms with Crippen LogP contribution >= 0.6 is 0 Å². The molecule has 0 aliphatic carbocycles. The van der Waals surface area contributed by atoms with E-state index in [4.69, 9.17) is 5.73 Å². The van der Waals surface area contributed by atoms with Crippen molar-refractivity contribution in [2.24, 2.45) is 0 Å². The minimum Gasteiger partial charge on any atom is -0.384 e. The highest BCUT2D eigenvalue weighted by atomic mass is 19.1. The molecular weight excluding hydrogens is 319 g/mol. The largest absolute Gasteiger partial charge is 0.384 e. The number of nitrogens with two attached hydrogens (primary N) is 1. The van der Waals surface area contributed by atoms with E-state index in [0.29, 0.717) is 28.5 Å². The predicted molar refractivity (Wildman–Crippen MR) is 93.2 cm³/mol. The lowest BCUT2D eigenvalue weighted by Crippen LogP contribution is -2.05. The van der Waals surface area contributed by atoms with E-state index >= 15 is 0 Å². The summed E-state index contributed by atoms with van der Waals surface area (Å²) in [5.74, 6) is 0.533. The Morgan fingerprint density at radius 2 is 1.96 bits per heavy atom. The van der Waals surface area contributed by atoms with Crippen molar-refractivity contribution in [1.82, 2.24) is 24.7 Å². The van der Waals surface area contributed by atoms with Gasteiger partial charge in [0.25, 0.3) is 0 Å². The second kappa shape index (κ2) is 5.94. The Kier molecular flexibility index (Phi) is 3.61. The van der Waals surface area contributed by atoms with E-state index in [0.717, 1.165) is 11.1 Å². The van der Waals surface area contributed by atoms with Crippen molar-refractivity contribution in [1.29, 1.82) is 0 Å². The van der Waals surface area contributed by atoms with Crippen molar-refractivity contribution < 1.29 is 4.39 Å². The van der Waals surface area contributed by atoms with E-state index in [1.165, 1.54) is 6.07 Å². The molecule has 0 aliphatic rings. The summed E-state index contributed by atoms with van der Waals surface area (Å²) in [6, 6.07) is 12.0. The Labute approximate surface area is 143 Å². The van der Waals surface area contributed by atoms with Gasteiger partial charge >= 0.3 is 0 Å². The fraction of sp³-hybridized carbons (Fsp3) is 0.111. The molecule has 4 aromatic rings. The van der Waals surface area contributed by atoms with Gasteiger partial charge in [-0.2, -0.15) is 5.10 Å². The highest BCUT2D eigenvalue weighted by Crippen LogP contribution is 2.25. The van der Waals surface area contributed by atoms with E-state index in [2.05, 4.69) is 20.1 Å². The number of nitrogens with zero attached hydrogens (tertiary/aromatic N) is 5. The van der Waals surface area contributed by atoms with Gasteiger partial charge in [-0.1, -0.05) is 18.2 Å². The van der Waals surface area contributed by atoms with Crippen LogP contribution in [0.5, 0.6) is 0 Å². The van der Waals surface area contributed by atoms with Crippen LogP contribution in [0.15, 0.2) is 48.7 Å². The second-order valence-electron chi connectivity index (χ2n) is 5.73. The zero-order valence-electron chi connectivity index (χ0n) is 13.5. The third kappa shape index (κ3) is 2.80. The van der Waals surface area contributed by atoms with E-state index in [1.54, 1.807) is 35.1 Å². The van der Waals surface area contributed by atoms with Gasteiger partial charge in [0.1, 0.15) is 17.3 Å². The van der Waals surface area contributed by atoms with Crippen LogP contribution in [0.25, 0.3) is 22.6 Å². The zero-order valence-corrected chi connectivity index (χ0v) is 13.5. The maximum absolute atomic E-state index is 14.0. The molecule has 0 spiro atoms. The highest BCUT2D eigenvalue weighted by molar-refractivity contribution is 5.89. The minimum absolute atomic E-state index is 0.265. The molecule has 124 valence electrons. The van der Waals surface area contributed by atoms with E-state index in [9.17, 15) is 4.39 Å². The first-order valence-electron chi connectivity index (χ1n) is 7.78. The Hall–Kier alpha value is -3.35. The molecule has 6 nitrogen and oxygen atoms in total. The summed E-state index contributed by atoms with van der Waals surface area (Å²) in [6.07, 6.45) is 1.68. The number of benzene rings is 1. The smallest absolute Gasteiger partial charge is 0.183 e. The summed E-state index contributed by atoms with van der Waals surface area (Å²) in [7, 11) is 0. The summed E-state index contributed by atoms with van der Waals surface area (Å²) in [5, 5.41) is 5.38. The van der Waals surface area contributed by atoms with Gasteiger partial charge in [0.2, 0.25) is 0 Å². The first kappa shape index (κ1) is 15.2. The summed E-state index contributed by atoms with van der Waals surface area (Å²) in [5.41, 5.74) is 8.35. The molecule has 0 unspecified atom stereocenters. The van der Waals surface area contributed by atoms with Gasteiger partial charge in [-0.3, -0.25) is 0 Å². The minimum atomic E-state index is -0.278. The highest BCUT2D eigenvalue weighted by Gasteiger charge is 2.17. The first-order chi connectivity index (χ1) is 12.1. The average molecular weight is 334 g/mol. The van der Waals surface area contributed by atoms with Crippen molar-refractivity contribution >= 4 is 16.9 Å². The van der Waals surface area contributed by atoms with E-state index in [1.807, 2.05) is 19.1 Å². The topological polar surface area (TPSA) is 82.5 Å². The molecule has 7 heteroatoms. The second-order valence-corrected chi connectivity index (χ2v) is 5.73. The molecule has 0 radical (unpaired) electrons. The molecular formula is C18H15FN6. The number of hydrogen-bond acceptors (Lipinski definition) is 5. The molecule has 0 aliphatic heterocycles. The standard InChI is InChI=1S/C18H15FN6/c1-11-9-15(20)23-17(22-11)16-13-6-4-8-21-18(13)25(24-16)10-12-5-2-3-7-14(12)19/h2-9H,10H2,1H3,(H2,20,22,23). The van der Waals surface area contributed by atoms with Crippen molar-refractivity contribution in [3.63, 3.8) is 0 Å². The maximum Gasteiger partial charge on any atom is 0.183 e. The van der Waals surface area contributed by atoms with E-state index < -0.39 is 0 Å². The number of fused-ring (bicyclic) bond motifs is 1.